The normalized spacial score (nSPS) is 10.2. The molecule has 0 aliphatic carbocycles. The van der Waals surface area contributed by atoms with Crippen molar-refractivity contribution < 1.29 is 9.32 Å². The van der Waals surface area contributed by atoms with Crippen molar-refractivity contribution in [1.82, 2.24) is 10.1 Å². The Morgan fingerprint density at radius 1 is 1.54 bits per heavy atom. The lowest BCUT2D eigenvalue weighted by Crippen LogP contribution is -1.77. The average molecular weight is 259 g/mol. The number of aromatic nitrogens is 2. The Hall–Kier alpha value is -1.01. The fourth-order valence-corrected chi connectivity index (χ4v) is 2.13. The summed E-state index contributed by atoms with van der Waals surface area (Å²) in [5.41, 5.74) is 0. The minimum absolute atomic E-state index is 0.000442. The van der Waals surface area contributed by atoms with E-state index in [1.54, 1.807) is 0 Å². The smallest absolute Gasteiger partial charge is 0.291 e. The molecule has 0 radical (unpaired) electrons. The molecule has 0 saturated heterocycles. The van der Waals surface area contributed by atoms with E-state index in [0.29, 0.717) is 12.1 Å². The van der Waals surface area contributed by atoms with Gasteiger partial charge in [-0.2, -0.15) is 4.98 Å². The molecule has 6 heteroatoms. The standard InChI is InChI=1S/C7H3BrN2O2S/c8-5-2-1-4(13-5)7-9-6(3-11)12-10-7/h1-3H. The number of hydrogen-bond acceptors (Lipinski definition) is 5. The van der Waals surface area contributed by atoms with Crippen molar-refractivity contribution in [2.24, 2.45) is 0 Å². The van der Waals surface area contributed by atoms with Crippen LogP contribution in [0.2, 0.25) is 0 Å². The van der Waals surface area contributed by atoms with Crippen molar-refractivity contribution in [2.45, 2.75) is 0 Å². The van der Waals surface area contributed by atoms with Gasteiger partial charge in [0, 0.05) is 0 Å². The Morgan fingerprint density at radius 2 is 2.38 bits per heavy atom. The summed E-state index contributed by atoms with van der Waals surface area (Å²) in [7, 11) is 0. The quantitative estimate of drug-likeness (QED) is 0.777. The van der Waals surface area contributed by atoms with E-state index in [2.05, 4.69) is 30.6 Å². The number of hydrogen-bond donors (Lipinski definition) is 0. The van der Waals surface area contributed by atoms with E-state index in [4.69, 9.17) is 0 Å². The number of aldehydes is 1. The Morgan fingerprint density at radius 3 is 2.92 bits per heavy atom. The summed E-state index contributed by atoms with van der Waals surface area (Å²) >= 11 is 4.80. The minimum atomic E-state index is -0.000442. The van der Waals surface area contributed by atoms with Crippen LogP contribution in [0.3, 0.4) is 0 Å². The SMILES string of the molecule is O=Cc1nc(-c2ccc(Br)s2)no1. The summed E-state index contributed by atoms with van der Waals surface area (Å²) in [6, 6.07) is 3.74. The van der Waals surface area contributed by atoms with E-state index in [9.17, 15) is 4.79 Å². The largest absolute Gasteiger partial charge is 0.331 e. The summed E-state index contributed by atoms with van der Waals surface area (Å²) < 4.78 is 5.63. The van der Waals surface area contributed by atoms with E-state index < -0.39 is 0 Å². The van der Waals surface area contributed by atoms with Crippen molar-refractivity contribution in [1.29, 1.82) is 0 Å². The molecule has 0 bridgehead atoms. The van der Waals surface area contributed by atoms with Crippen LogP contribution in [-0.4, -0.2) is 16.4 Å². The summed E-state index contributed by atoms with van der Waals surface area (Å²) in [6.45, 7) is 0. The lowest BCUT2D eigenvalue weighted by molar-refractivity contribution is 0.108. The Balaban J connectivity index is 2.40. The van der Waals surface area contributed by atoms with E-state index in [-0.39, 0.29) is 5.89 Å². The average Bonchev–Trinajstić information content (AvgIpc) is 2.71. The molecule has 0 saturated carbocycles. The summed E-state index contributed by atoms with van der Waals surface area (Å²) in [6.07, 6.45) is 0.527. The van der Waals surface area contributed by atoms with Crippen molar-refractivity contribution in [3.05, 3.63) is 21.8 Å². The van der Waals surface area contributed by atoms with Crippen LogP contribution >= 0.6 is 27.3 Å². The molecule has 0 N–H and O–H groups in total. The molecule has 0 spiro atoms. The minimum Gasteiger partial charge on any atom is -0.331 e. The molecule has 4 nitrogen and oxygen atoms in total. The van der Waals surface area contributed by atoms with E-state index >= 15 is 0 Å². The first-order valence-corrected chi connectivity index (χ1v) is 4.95. The zero-order chi connectivity index (χ0) is 9.26. The molecule has 13 heavy (non-hydrogen) atoms. The number of carbonyl (C=O) groups is 1. The number of thiophene rings is 1. The molecule has 2 rings (SSSR count). The number of nitrogens with zero attached hydrogens (tertiary/aromatic N) is 2. The van der Waals surface area contributed by atoms with Crippen molar-refractivity contribution in [3.63, 3.8) is 0 Å². The van der Waals surface area contributed by atoms with Gasteiger partial charge >= 0.3 is 0 Å². The lowest BCUT2D eigenvalue weighted by Gasteiger charge is -1.81. The first-order valence-electron chi connectivity index (χ1n) is 3.34. The van der Waals surface area contributed by atoms with Gasteiger partial charge in [-0.15, -0.1) is 11.3 Å². The maximum atomic E-state index is 10.3. The van der Waals surface area contributed by atoms with Crippen LogP contribution in [0.15, 0.2) is 20.4 Å². The zero-order valence-electron chi connectivity index (χ0n) is 6.23. The van der Waals surface area contributed by atoms with Crippen molar-refractivity contribution in [3.8, 4) is 10.7 Å². The molecule has 0 fully saturated rings. The van der Waals surface area contributed by atoms with Crippen LogP contribution in [0.25, 0.3) is 10.7 Å². The summed E-state index contributed by atoms with van der Waals surface area (Å²) in [5.74, 6) is 0.442. The highest BCUT2D eigenvalue weighted by atomic mass is 79.9. The van der Waals surface area contributed by atoms with Crippen LogP contribution in [0, 0.1) is 0 Å². The van der Waals surface area contributed by atoms with Gasteiger partial charge in [0.1, 0.15) is 0 Å². The van der Waals surface area contributed by atoms with Gasteiger partial charge in [-0.25, -0.2) is 0 Å². The van der Waals surface area contributed by atoms with Gasteiger partial charge in [0.05, 0.1) is 8.66 Å². The van der Waals surface area contributed by atoms with Crippen molar-refractivity contribution in [2.75, 3.05) is 0 Å². The first-order chi connectivity index (χ1) is 6.29. The molecule has 2 heterocycles. The monoisotopic (exact) mass is 258 g/mol. The van der Waals surface area contributed by atoms with Gasteiger partial charge in [0.2, 0.25) is 12.1 Å². The Kier molecular flexibility index (Phi) is 2.24. The zero-order valence-corrected chi connectivity index (χ0v) is 8.63. The molecule has 2 aromatic heterocycles. The summed E-state index contributed by atoms with van der Waals surface area (Å²) in [5, 5.41) is 3.64. The highest BCUT2D eigenvalue weighted by molar-refractivity contribution is 9.11. The van der Waals surface area contributed by atoms with E-state index in [0.717, 1.165) is 8.66 Å². The fourth-order valence-electron chi connectivity index (χ4n) is 0.818. The molecule has 66 valence electrons. The molecule has 0 aromatic carbocycles. The Bertz CT molecular complexity index is 437. The van der Waals surface area contributed by atoms with Crippen LogP contribution in [0.4, 0.5) is 0 Å². The number of rotatable bonds is 2. The van der Waals surface area contributed by atoms with Crippen LogP contribution in [0.1, 0.15) is 10.7 Å². The lowest BCUT2D eigenvalue weighted by atomic mass is 10.4. The fraction of sp³-hybridized carbons (Fsp3) is 0. The predicted octanol–water partition coefficient (Wildman–Crippen LogP) is 2.37. The van der Waals surface area contributed by atoms with Crippen molar-refractivity contribution >= 4 is 33.6 Å². The maximum Gasteiger partial charge on any atom is 0.291 e. The second-order valence-corrected chi connectivity index (χ2v) is 4.64. The molecular formula is C7H3BrN2O2S. The van der Waals surface area contributed by atoms with Crippen LogP contribution in [-0.2, 0) is 0 Å². The van der Waals surface area contributed by atoms with Crippen LogP contribution in [0.5, 0.6) is 0 Å². The summed E-state index contributed by atoms with van der Waals surface area (Å²) in [4.78, 5) is 15.0. The molecule has 2 aromatic rings. The Labute approximate surface area is 85.7 Å². The van der Waals surface area contributed by atoms with Gasteiger partial charge in [-0.1, -0.05) is 5.16 Å². The molecular weight excluding hydrogens is 256 g/mol. The highest BCUT2D eigenvalue weighted by Crippen LogP contribution is 2.28. The number of halogens is 1. The third-order valence-corrected chi connectivity index (χ3v) is 2.96. The third-order valence-electron chi connectivity index (χ3n) is 1.34. The maximum absolute atomic E-state index is 10.3. The third kappa shape index (κ3) is 1.68. The van der Waals surface area contributed by atoms with Gasteiger partial charge in [0.25, 0.3) is 5.89 Å². The first kappa shape index (κ1) is 8.58. The van der Waals surface area contributed by atoms with Gasteiger partial charge in [-0.3, -0.25) is 4.79 Å². The topological polar surface area (TPSA) is 56.0 Å². The van der Waals surface area contributed by atoms with Gasteiger partial charge in [-0.05, 0) is 28.1 Å². The second-order valence-electron chi connectivity index (χ2n) is 2.18. The van der Waals surface area contributed by atoms with E-state index in [1.165, 1.54) is 11.3 Å². The predicted molar refractivity (Wildman–Crippen MR) is 50.7 cm³/mol. The van der Waals surface area contributed by atoms with Gasteiger partial charge < -0.3 is 4.52 Å². The number of carbonyl (C=O) groups excluding carboxylic acids is 1. The molecule has 0 atom stereocenters. The van der Waals surface area contributed by atoms with Crippen LogP contribution < -0.4 is 0 Å². The van der Waals surface area contributed by atoms with Gasteiger partial charge in [0.15, 0.2) is 0 Å². The molecule has 0 unspecified atom stereocenters. The highest BCUT2D eigenvalue weighted by Gasteiger charge is 2.09. The second kappa shape index (κ2) is 3.39. The molecule has 0 aliphatic rings. The molecule has 0 aliphatic heterocycles. The molecule has 0 amide bonds. The van der Waals surface area contributed by atoms with E-state index in [1.807, 2.05) is 12.1 Å².